The van der Waals surface area contributed by atoms with Crippen molar-refractivity contribution >= 4 is 15.9 Å². The van der Waals surface area contributed by atoms with Gasteiger partial charge in [0, 0.05) is 18.9 Å². The van der Waals surface area contributed by atoms with Crippen LogP contribution in [0.4, 0.5) is 0 Å². The monoisotopic (exact) mass is 281 g/mol. The molecule has 0 bridgehead atoms. The van der Waals surface area contributed by atoms with Crippen LogP contribution >= 0.6 is 15.9 Å². The fourth-order valence-electron chi connectivity index (χ4n) is 1.39. The van der Waals surface area contributed by atoms with Gasteiger partial charge in [-0.25, -0.2) is 4.98 Å². The Bertz CT molecular complexity index is 456. The predicted molar refractivity (Wildman–Crippen MR) is 64.2 cm³/mol. The van der Waals surface area contributed by atoms with E-state index in [4.69, 9.17) is 4.74 Å². The van der Waals surface area contributed by atoms with Gasteiger partial charge in [-0.3, -0.25) is 4.98 Å². The average molecular weight is 282 g/mol. The Morgan fingerprint density at radius 2 is 2.38 bits per heavy atom. The molecule has 0 atom stereocenters. The van der Waals surface area contributed by atoms with Crippen LogP contribution in [0, 0.1) is 0 Å². The van der Waals surface area contributed by atoms with E-state index in [9.17, 15) is 0 Å². The van der Waals surface area contributed by atoms with Crippen LogP contribution in [0.3, 0.4) is 0 Å². The molecule has 0 aliphatic rings. The first-order valence-corrected chi connectivity index (χ1v) is 5.83. The van der Waals surface area contributed by atoms with E-state index in [0.29, 0.717) is 6.61 Å². The van der Waals surface area contributed by atoms with Crippen LogP contribution in [0.1, 0.15) is 12.7 Å². The molecule has 0 fully saturated rings. The molecule has 2 aromatic rings. The zero-order valence-electron chi connectivity index (χ0n) is 8.93. The van der Waals surface area contributed by atoms with E-state index in [1.807, 2.05) is 22.9 Å². The Labute approximate surface area is 102 Å². The van der Waals surface area contributed by atoms with Crippen LogP contribution in [0.25, 0.3) is 0 Å². The molecule has 0 aliphatic heterocycles. The highest BCUT2D eigenvalue weighted by Gasteiger charge is 2.05. The number of hydrogen-bond donors (Lipinski definition) is 0. The minimum Gasteiger partial charge on any atom is -0.484 e. The largest absolute Gasteiger partial charge is 0.484 e. The molecule has 2 heterocycles. The van der Waals surface area contributed by atoms with Crippen LogP contribution in [0.5, 0.6) is 5.75 Å². The van der Waals surface area contributed by atoms with Crippen molar-refractivity contribution in [3.63, 3.8) is 0 Å². The first-order chi connectivity index (χ1) is 7.79. The van der Waals surface area contributed by atoms with Crippen LogP contribution in [0.2, 0.25) is 0 Å². The lowest BCUT2D eigenvalue weighted by Gasteiger charge is -2.06. The molecule has 0 N–H and O–H groups in total. The molecule has 84 valence electrons. The Morgan fingerprint density at radius 3 is 3.06 bits per heavy atom. The fourth-order valence-corrected chi connectivity index (χ4v) is 1.84. The molecule has 0 radical (unpaired) electrons. The second kappa shape index (κ2) is 5.12. The van der Waals surface area contributed by atoms with Crippen molar-refractivity contribution in [1.82, 2.24) is 14.5 Å². The fraction of sp³-hybridized carbons (Fsp3) is 0.273. The number of ether oxygens (including phenoxy) is 1. The lowest BCUT2D eigenvalue weighted by Crippen LogP contribution is -2.05. The summed E-state index contributed by atoms with van der Waals surface area (Å²) in [4.78, 5) is 8.31. The van der Waals surface area contributed by atoms with E-state index >= 15 is 0 Å². The second-order valence-electron chi connectivity index (χ2n) is 3.24. The van der Waals surface area contributed by atoms with Crippen molar-refractivity contribution < 1.29 is 4.74 Å². The molecular formula is C11H12BrN3O. The van der Waals surface area contributed by atoms with E-state index < -0.39 is 0 Å². The van der Waals surface area contributed by atoms with E-state index in [-0.39, 0.29) is 0 Å². The summed E-state index contributed by atoms with van der Waals surface area (Å²) in [5, 5.41) is 0. The van der Waals surface area contributed by atoms with Gasteiger partial charge in [0.2, 0.25) is 0 Å². The number of nitrogens with zero attached hydrogens (tertiary/aromatic N) is 3. The van der Waals surface area contributed by atoms with Gasteiger partial charge >= 0.3 is 0 Å². The molecule has 4 nitrogen and oxygen atoms in total. The molecule has 0 amide bonds. The third-order valence-corrected chi connectivity index (χ3v) is 2.55. The van der Waals surface area contributed by atoms with Gasteiger partial charge in [0.1, 0.15) is 22.8 Å². The van der Waals surface area contributed by atoms with Crippen molar-refractivity contribution in [3.8, 4) is 5.75 Å². The van der Waals surface area contributed by atoms with E-state index in [1.165, 1.54) is 0 Å². The summed E-state index contributed by atoms with van der Waals surface area (Å²) in [5.74, 6) is 1.66. The minimum absolute atomic E-state index is 0.450. The Hall–Kier alpha value is -1.36. The Kier molecular flexibility index (Phi) is 3.56. The molecule has 0 unspecified atom stereocenters. The third-order valence-electron chi connectivity index (χ3n) is 2.17. The van der Waals surface area contributed by atoms with Crippen LogP contribution in [-0.2, 0) is 13.2 Å². The summed E-state index contributed by atoms with van der Waals surface area (Å²) >= 11 is 3.35. The zero-order valence-corrected chi connectivity index (χ0v) is 10.5. The van der Waals surface area contributed by atoms with Crippen molar-refractivity contribution in [1.29, 1.82) is 0 Å². The lowest BCUT2D eigenvalue weighted by molar-refractivity contribution is 0.289. The summed E-state index contributed by atoms with van der Waals surface area (Å²) < 4.78 is 8.46. The summed E-state index contributed by atoms with van der Waals surface area (Å²) in [6.07, 6.45) is 5.35. The van der Waals surface area contributed by atoms with Crippen molar-refractivity contribution in [2.75, 3.05) is 0 Å². The maximum absolute atomic E-state index is 5.58. The van der Waals surface area contributed by atoms with Crippen molar-refractivity contribution in [3.05, 3.63) is 41.2 Å². The van der Waals surface area contributed by atoms with E-state index in [1.54, 1.807) is 12.4 Å². The molecule has 0 spiro atoms. The number of pyridine rings is 1. The number of halogens is 1. The molecule has 0 aromatic carbocycles. The number of hydrogen-bond acceptors (Lipinski definition) is 3. The molecular weight excluding hydrogens is 270 g/mol. The SMILES string of the molecule is CCn1cc(Br)nc1COc1cccnc1. The smallest absolute Gasteiger partial charge is 0.148 e. The number of aromatic nitrogens is 3. The van der Waals surface area contributed by atoms with Crippen LogP contribution in [0.15, 0.2) is 35.3 Å². The quantitative estimate of drug-likeness (QED) is 0.865. The number of imidazole rings is 1. The first kappa shape index (κ1) is 11.1. The van der Waals surface area contributed by atoms with Gasteiger partial charge in [0.15, 0.2) is 0 Å². The molecule has 0 aliphatic carbocycles. The second-order valence-corrected chi connectivity index (χ2v) is 4.06. The van der Waals surface area contributed by atoms with Crippen molar-refractivity contribution in [2.24, 2.45) is 0 Å². The highest BCUT2D eigenvalue weighted by molar-refractivity contribution is 9.10. The summed E-state index contributed by atoms with van der Waals surface area (Å²) in [5.41, 5.74) is 0. The normalized spacial score (nSPS) is 10.4. The number of rotatable bonds is 4. The minimum atomic E-state index is 0.450. The molecule has 2 aromatic heterocycles. The standard InChI is InChI=1S/C11H12BrN3O/c1-2-15-7-10(12)14-11(15)8-16-9-4-3-5-13-6-9/h3-7H,2,8H2,1H3. The van der Waals surface area contributed by atoms with E-state index in [2.05, 4.69) is 32.8 Å². The lowest BCUT2D eigenvalue weighted by atomic mass is 10.5. The summed E-state index contributed by atoms with van der Waals surface area (Å²) in [7, 11) is 0. The predicted octanol–water partition coefficient (Wildman–Crippen LogP) is 2.64. The van der Waals surface area contributed by atoms with Crippen LogP contribution in [-0.4, -0.2) is 14.5 Å². The Morgan fingerprint density at radius 1 is 1.50 bits per heavy atom. The molecule has 5 heteroatoms. The maximum atomic E-state index is 5.58. The molecule has 16 heavy (non-hydrogen) atoms. The van der Waals surface area contributed by atoms with Gasteiger partial charge < -0.3 is 9.30 Å². The summed E-state index contributed by atoms with van der Waals surface area (Å²) in [6, 6.07) is 3.72. The van der Waals surface area contributed by atoms with Gasteiger partial charge in [-0.2, -0.15) is 0 Å². The maximum Gasteiger partial charge on any atom is 0.148 e. The highest BCUT2D eigenvalue weighted by atomic mass is 79.9. The van der Waals surface area contributed by atoms with E-state index in [0.717, 1.165) is 22.7 Å². The van der Waals surface area contributed by atoms with Gasteiger partial charge in [-0.05, 0) is 35.0 Å². The molecule has 0 saturated carbocycles. The average Bonchev–Trinajstić information content (AvgIpc) is 2.68. The van der Waals surface area contributed by atoms with Gasteiger partial charge in [-0.15, -0.1) is 0 Å². The molecule has 2 rings (SSSR count). The number of aryl methyl sites for hydroxylation is 1. The van der Waals surface area contributed by atoms with Gasteiger partial charge in [-0.1, -0.05) is 0 Å². The summed E-state index contributed by atoms with van der Waals surface area (Å²) in [6.45, 7) is 3.40. The van der Waals surface area contributed by atoms with Gasteiger partial charge in [0.25, 0.3) is 0 Å². The Balaban J connectivity index is 2.04. The topological polar surface area (TPSA) is 39.9 Å². The molecule has 0 saturated heterocycles. The van der Waals surface area contributed by atoms with Crippen LogP contribution < -0.4 is 4.74 Å². The first-order valence-electron chi connectivity index (χ1n) is 5.04. The van der Waals surface area contributed by atoms with Gasteiger partial charge in [0.05, 0.1) is 6.20 Å². The third kappa shape index (κ3) is 2.61. The zero-order chi connectivity index (χ0) is 11.4. The van der Waals surface area contributed by atoms with Crippen molar-refractivity contribution in [2.45, 2.75) is 20.1 Å². The highest BCUT2D eigenvalue weighted by Crippen LogP contribution is 2.13.